The summed E-state index contributed by atoms with van der Waals surface area (Å²) >= 11 is 0. The number of para-hydroxylation sites is 2. The average Bonchev–Trinajstić information content (AvgIpc) is 2.49. The Morgan fingerprint density at radius 2 is 1.81 bits per heavy atom. The second-order valence-electron chi connectivity index (χ2n) is 5.82. The zero-order valence-corrected chi connectivity index (χ0v) is 12.9. The van der Waals surface area contributed by atoms with E-state index in [0.717, 1.165) is 0 Å². The van der Waals surface area contributed by atoms with Gasteiger partial charge in [-0.15, -0.1) is 0 Å². The van der Waals surface area contributed by atoms with Crippen molar-refractivity contribution in [3.63, 3.8) is 0 Å². The van der Waals surface area contributed by atoms with Gasteiger partial charge in [0.05, 0.1) is 5.69 Å². The molecule has 0 aliphatic carbocycles. The summed E-state index contributed by atoms with van der Waals surface area (Å²) in [6.45, 7) is 5.55. The smallest absolute Gasteiger partial charge is 0.270 e. The third-order valence-electron chi connectivity index (χ3n) is 3.15. The van der Waals surface area contributed by atoms with Crippen LogP contribution in [0.4, 0.5) is 5.69 Å². The summed E-state index contributed by atoms with van der Waals surface area (Å²) in [6.07, 6.45) is 1.52. The summed E-state index contributed by atoms with van der Waals surface area (Å²) in [6, 6.07) is 10.2. The maximum absolute atomic E-state index is 13.0. The van der Waals surface area contributed by atoms with Crippen molar-refractivity contribution in [3.8, 4) is 11.6 Å². The molecule has 1 aromatic heterocycles. The molecule has 0 bridgehead atoms. The highest BCUT2D eigenvalue weighted by atomic mass is 32.2. The van der Waals surface area contributed by atoms with E-state index in [1.165, 1.54) is 16.6 Å². The van der Waals surface area contributed by atoms with Crippen LogP contribution in [-0.2, 0) is 10.0 Å². The lowest BCUT2D eigenvalue weighted by atomic mass is 10.1. The van der Waals surface area contributed by atoms with E-state index < -0.39 is 15.6 Å². The number of aromatic nitrogens is 1. The molecule has 110 valence electrons. The predicted octanol–water partition coefficient (Wildman–Crippen LogP) is 3.18. The topological polar surface area (TPSA) is 59.5 Å². The Hall–Kier alpha value is -2.08. The molecule has 3 rings (SSSR count). The molecule has 0 amide bonds. The van der Waals surface area contributed by atoms with Gasteiger partial charge in [-0.3, -0.25) is 4.31 Å². The van der Waals surface area contributed by atoms with Crippen LogP contribution in [0, 0.1) is 0 Å². The number of rotatable bonds is 0. The first-order valence-corrected chi connectivity index (χ1v) is 8.03. The Morgan fingerprint density at radius 3 is 2.52 bits per heavy atom. The van der Waals surface area contributed by atoms with Gasteiger partial charge >= 0.3 is 0 Å². The first kappa shape index (κ1) is 13.9. The Balaban J connectivity index is 2.39. The van der Waals surface area contributed by atoms with Crippen molar-refractivity contribution in [1.29, 1.82) is 0 Å². The molecule has 21 heavy (non-hydrogen) atoms. The van der Waals surface area contributed by atoms with Gasteiger partial charge in [0.15, 0.2) is 5.75 Å². The number of fused-ring (bicyclic) bond motifs is 2. The molecule has 6 heteroatoms. The lowest BCUT2D eigenvalue weighted by molar-refractivity contribution is 0.451. The first-order chi connectivity index (χ1) is 9.82. The Kier molecular flexibility index (Phi) is 2.95. The van der Waals surface area contributed by atoms with Gasteiger partial charge in [-0.05, 0) is 45.0 Å². The first-order valence-electron chi connectivity index (χ1n) is 6.59. The molecule has 0 radical (unpaired) electrons. The monoisotopic (exact) mass is 304 g/mol. The van der Waals surface area contributed by atoms with Crippen LogP contribution in [0.25, 0.3) is 0 Å². The zero-order chi connectivity index (χ0) is 15.3. The second-order valence-corrected chi connectivity index (χ2v) is 7.57. The van der Waals surface area contributed by atoms with Gasteiger partial charge in [0.1, 0.15) is 4.90 Å². The second kappa shape index (κ2) is 4.46. The fourth-order valence-corrected chi connectivity index (χ4v) is 4.31. The van der Waals surface area contributed by atoms with Crippen LogP contribution in [0.2, 0.25) is 0 Å². The number of hydrogen-bond acceptors (Lipinski definition) is 4. The van der Waals surface area contributed by atoms with Gasteiger partial charge in [0.2, 0.25) is 5.88 Å². The fourth-order valence-electron chi connectivity index (χ4n) is 2.41. The molecule has 0 N–H and O–H groups in total. The number of hydrogen-bond donors (Lipinski definition) is 0. The number of ether oxygens (including phenoxy) is 1. The largest absolute Gasteiger partial charge is 0.435 e. The minimum atomic E-state index is -3.74. The van der Waals surface area contributed by atoms with E-state index in [9.17, 15) is 8.42 Å². The number of nitrogens with zero attached hydrogens (tertiary/aromatic N) is 2. The van der Waals surface area contributed by atoms with E-state index in [0.29, 0.717) is 11.4 Å². The average molecular weight is 304 g/mol. The molecular weight excluding hydrogens is 288 g/mol. The number of anilines is 1. The summed E-state index contributed by atoms with van der Waals surface area (Å²) in [5.74, 6) is 0.588. The highest BCUT2D eigenvalue weighted by Gasteiger charge is 2.40. The number of pyridine rings is 1. The minimum Gasteiger partial charge on any atom is -0.435 e. The van der Waals surface area contributed by atoms with Crippen LogP contribution in [0.5, 0.6) is 11.6 Å². The highest BCUT2D eigenvalue weighted by molar-refractivity contribution is 7.93. The van der Waals surface area contributed by atoms with Crippen molar-refractivity contribution in [2.75, 3.05) is 4.31 Å². The lowest BCUT2D eigenvalue weighted by Gasteiger charge is -2.35. The van der Waals surface area contributed by atoms with Gasteiger partial charge in [-0.1, -0.05) is 12.1 Å². The number of benzene rings is 1. The normalized spacial score (nSPS) is 16.4. The zero-order valence-electron chi connectivity index (χ0n) is 12.1. The van der Waals surface area contributed by atoms with Crippen molar-refractivity contribution in [2.24, 2.45) is 0 Å². The standard InChI is InChI=1S/C15H16N2O3S/c1-15(2,3)17-11-7-4-5-8-12(11)20-14-13(21(17,18)19)9-6-10-16-14/h4-10H,1-3H3. The summed E-state index contributed by atoms with van der Waals surface area (Å²) < 4.78 is 33.2. The molecule has 0 saturated carbocycles. The quantitative estimate of drug-likeness (QED) is 0.750. The van der Waals surface area contributed by atoms with Crippen molar-refractivity contribution in [2.45, 2.75) is 31.2 Å². The summed E-state index contributed by atoms with van der Waals surface area (Å²) in [4.78, 5) is 4.14. The summed E-state index contributed by atoms with van der Waals surface area (Å²) in [5, 5.41) is 0. The molecule has 2 heterocycles. The number of sulfonamides is 1. The van der Waals surface area contributed by atoms with Crippen LogP contribution < -0.4 is 9.04 Å². The van der Waals surface area contributed by atoms with Crippen LogP contribution in [-0.4, -0.2) is 18.9 Å². The Labute approximate surface area is 124 Å². The van der Waals surface area contributed by atoms with Crippen molar-refractivity contribution >= 4 is 15.7 Å². The van der Waals surface area contributed by atoms with Gasteiger partial charge in [0, 0.05) is 11.7 Å². The van der Waals surface area contributed by atoms with Crippen LogP contribution in [0.3, 0.4) is 0 Å². The molecule has 5 nitrogen and oxygen atoms in total. The van der Waals surface area contributed by atoms with E-state index in [2.05, 4.69) is 4.98 Å². The molecule has 0 unspecified atom stereocenters. The van der Waals surface area contributed by atoms with Crippen LogP contribution >= 0.6 is 0 Å². The molecule has 0 fully saturated rings. The van der Waals surface area contributed by atoms with Gasteiger partial charge in [-0.25, -0.2) is 13.4 Å². The van der Waals surface area contributed by atoms with Crippen molar-refractivity contribution in [1.82, 2.24) is 4.98 Å². The molecule has 0 spiro atoms. The highest BCUT2D eigenvalue weighted by Crippen LogP contribution is 2.44. The third-order valence-corrected chi connectivity index (χ3v) is 5.25. The lowest BCUT2D eigenvalue weighted by Crippen LogP contribution is -2.45. The molecule has 2 aromatic rings. The van der Waals surface area contributed by atoms with Gasteiger partial charge < -0.3 is 4.74 Å². The maximum atomic E-state index is 13.0. The molecule has 0 saturated heterocycles. The molecule has 0 atom stereocenters. The van der Waals surface area contributed by atoms with E-state index in [1.54, 1.807) is 30.3 Å². The predicted molar refractivity (Wildman–Crippen MR) is 80.2 cm³/mol. The Bertz CT molecular complexity index is 795. The molecular formula is C15H16N2O3S. The Morgan fingerprint density at radius 1 is 1.10 bits per heavy atom. The van der Waals surface area contributed by atoms with Crippen molar-refractivity contribution in [3.05, 3.63) is 42.6 Å². The SMILES string of the molecule is CC(C)(C)N1c2ccccc2Oc2ncccc2S1(=O)=O. The van der Waals surface area contributed by atoms with E-state index in [-0.39, 0.29) is 10.8 Å². The molecule has 1 aromatic carbocycles. The minimum absolute atomic E-state index is 0.0797. The van der Waals surface area contributed by atoms with Gasteiger partial charge in [0.25, 0.3) is 10.0 Å². The maximum Gasteiger partial charge on any atom is 0.270 e. The van der Waals surface area contributed by atoms with Crippen molar-refractivity contribution < 1.29 is 13.2 Å². The fraction of sp³-hybridized carbons (Fsp3) is 0.267. The third kappa shape index (κ3) is 2.15. The summed E-state index contributed by atoms with van der Waals surface area (Å²) in [7, 11) is -3.74. The van der Waals surface area contributed by atoms with Crippen LogP contribution in [0.1, 0.15) is 20.8 Å². The molecule has 1 aliphatic rings. The van der Waals surface area contributed by atoms with E-state index in [1.807, 2.05) is 20.8 Å². The van der Waals surface area contributed by atoms with Crippen LogP contribution in [0.15, 0.2) is 47.5 Å². The van der Waals surface area contributed by atoms with E-state index >= 15 is 0 Å². The molecule has 1 aliphatic heterocycles. The summed E-state index contributed by atoms with van der Waals surface area (Å²) in [5.41, 5.74) is -0.113. The van der Waals surface area contributed by atoms with Gasteiger partial charge in [-0.2, -0.15) is 0 Å². The van der Waals surface area contributed by atoms with E-state index in [4.69, 9.17) is 4.74 Å².